The molecule has 1 fully saturated rings. The van der Waals surface area contributed by atoms with E-state index in [2.05, 4.69) is 6.92 Å². The first kappa shape index (κ1) is 26.0. The van der Waals surface area contributed by atoms with Crippen LogP contribution < -0.4 is 0 Å². The smallest absolute Gasteiger partial charge is 0.310 e. The molecule has 29 heavy (non-hydrogen) atoms. The summed E-state index contributed by atoms with van der Waals surface area (Å²) in [5.74, 6) is -1.03. The van der Waals surface area contributed by atoms with Gasteiger partial charge in [0.2, 0.25) is 0 Å². The molecule has 0 amide bonds. The number of ether oxygens (including phenoxy) is 2. The minimum atomic E-state index is -0.317. The highest BCUT2D eigenvalue weighted by molar-refractivity contribution is 5.82. The summed E-state index contributed by atoms with van der Waals surface area (Å²) < 4.78 is 11.0. The second kappa shape index (κ2) is 16.7. The molecule has 1 aliphatic rings. The van der Waals surface area contributed by atoms with Crippen molar-refractivity contribution in [2.24, 2.45) is 11.8 Å². The van der Waals surface area contributed by atoms with Gasteiger partial charge in [0.1, 0.15) is 0 Å². The maximum absolute atomic E-state index is 12.5. The van der Waals surface area contributed by atoms with Crippen molar-refractivity contribution < 1.29 is 19.1 Å². The Morgan fingerprint density at radius 3 is 1.76 bits per heavy atom. The molecule has 3 unspecified atom stereocenters. The second-order valence-electron chi connectivity index (χ2n) is 8.86. The zero-order valence-electron chi connectivity index (χ0n) is 19.4. The van der Waals surface area contributed by atoms with Crippen molar-refractivity contribution in [3.63, 3.8) is 0 Å². The molecule has 0 aliphatic heterocycles. The highest BCUT2D eigenvalue weighted by Gasteiger charge is 2.38. The van der Waals surface area contributed by atoms with Gasteiger partial charge in [-0.3, -0.25) is 9.59 Å². The fraction of sp³-hybridized carbons (Fsp3) is 0.920. The number of rotatable bonds is 16. The van der Waals surface area contributed by atoms with Crippen LogP contribution in [0.4, 0.5) is 0 Å². The number of hydrogen-bond donors (Lipinski definition) is 0. The molecular weight excluding hydrogens is 364 g/mol. The fourth-order valence-corrected chi connectivity index (χ4v) is 4.11. The van der Waals surface area contributed by atoms with Gasteiger partial charge in [-0.15, -0.1) is 0 Å². The minimum Gasteiger partial charge on any atom is -0.465 e. The summed E-state index contributed by atoms with van der Waals surface area (Å²) in [6, 6.07) is 0. The lowest BCUT2D eigenvalue weighted by atomic mass is 9.79. The van der Waals surface area contributed by atoms with Crippen molar-refractivity contribution in [2.45, 2.75) is 130 Å². The van der Waals surface area contributed by atoms with Gasteiger partial charge >= 0.3 is 11.9 Å². The summed E-state index contributed by atoms with van der Waals surface area (Å²) in [7, 11) is 0. The molecule has 0 radical (unpaired) electrons. The molecule has 4 nitrogen and oxygen atoms in total. The molecule has 0 heterocycles. The van der Waals surface area contributed by atoms with Crippen LogP contribution in [0.3, 0.4) is 0 Å². The Bertz CT molecular complexity index is 435. The van der Waals surface area contributed by atoms with E-state index in [1.165, 1.54) is 57.8 Å². The van der Waals surface area contributed by atoms with Crippen LogP contribution >= 0.6 is 0 Å². The first-order valence-electron chi connectivity index (χ1n) is 12.5. The summed E-state index contributed by atoms with van der Waals surface area (Å²) in [6.45, 7) is 6.64. The lowest BCUT2D eigenvalue weighted by Crippen LogP contribution is -2.36. The van der Waals surface area contributed by atoms with Crippen molar-refractivity contribution in [1.82, 2.24) is 0 Å². The molecule has 1 rings (SSSR count). The topological polar surface area (TPSA) is 52.6 Å². The maximum atomic E-state index is 12.5. The molecule has 0 aromatic rings. The second-order valence-corrected chi connectivity index (χ2v) is 8.86. The largest absolute Gasteiger partial charge is 0.465 e. The zero-order valence-corrected chi connectivity index (χ0v) is 19.4. The van der Waals surface area contributed by atoms with Crippen molar-refractivity contribution in [3.05, 3.63) is 0 Å². The van der Waals surface area contributed by atoms with Crippen LogP contribution in [0.25, 0.3) is 0 Å². The quantitative estimate of drug-likeness (QED) is 0.203. The van der Waals surface area contributed by atoms with E-state index in [4.69, 9.17) is 9.47 Å². The minimum absolute atomic E-state index is 0.0857. The molecular formula is C25H46O4. The molecule has 170 valence electrons. The summed E-state index contributed by atoms with van der Waals surface area (Å²) in [5.41, 5.74) is 0. The monoisotopic (exact) mass is 410 g/mol. The number of carbonyl (C=O) groups is 2. The molecule has 4 heteroatoms. The van der Waals surface area contributed by atoms with E-state index >= 15 is 0 Å². The van der Waals surface area contributed by atoms with Crippen LogP contribution in [0.5, 0.6) is 0 Å². The Balaban J connectivity index is 2.12. The Morgan fingerprint density at radius 1 is 0.759 bits per heavy atom. The van der Waals surface area contributed by atoms with Crippen molar-refractivity contribution in [2.75, 3.05) is 6.61 Å². The van der Waals surface area contributed by atoms with Gasteiger partial charge in [-0.2, -0.15) is 0 Å². The number of esters is 2. The molecule has 0 bridgehead atoms. The molecule has 0 spiro atoms. The van der Waals surface area contributed by atoms with E-state index in [1.54, 1.807) is 0 Å². The molecule has 0 saturated heterocycles. The average Bonchev–Trinajstić information content (AvgIpc) is 2.74. The van der Waals surface area contributed by atoms with Crippen LogP contribution in [-0.4, -0.2) is 24.6 Å². The van der Waals surface area contributed by atoms with E-state index in [9.17, 15) is 9.59 Å². The highest BCUT2D eigenvalue weighted by Crippen LogP contribution is 2.32. The van der Waals surface area contributed by atoms with E-state index < -0.39 is 0 Å². The molecule has 1 saturated carbocycles. The predicted molar refractivity (Wildman–Crippen MR) is 119 cm³/mol. The average molecular weight is 411 g/mol. The van der Waals surface area contributed by atoms with Gasteiger partial charge in [-0.05, 0) is 32.6 Å². The van der Waals surface area contributed by atoms with Gasteiger partial charge in [-0.1, -0.05) is 90.9 Å². The Kier molecular flexibility index (Phi) is 15.0. The Labute approximate surface area is 179 Å². The van der Waals surface area contributed by atoms with Crippen LogP contribution in [0.15, 0.2) is 0 Å². The van der Waals surface area contributed by atoms with Gasteiger partial charge in [-0.25, -0.2) is 0 Å². The first-order valence-corrected chi connectivity index (χ1v) is 12.5. The molecule has 1 aliphatic carbocycles. The van der Waals surface area contributed by atoms with Crippen LogP contribution in [0, 0.1) is 11.8 Å². The highest BCUT2D eigenvalue weighted by atomic mass is 16.5. The normalized spacial score (nSPS) is 20.2. The van der Waals surface area contributed by atoms with Gasteiger partial charge in [0.15, 0.2) is 0 Å². The van der Waals surface area contributed by atoms with E-state index in [1.807, 2.05) is 13.8 Å². The molecule has 0 N–H and O–H groups in total. The lowest BCUT2D eigenvalue weighted by Gasteiger charge is -2.29. The number of carbonyl (C=O) groups excluding carboxylic acids is 2. The van der Waals surface area contributed by atoms with Gasteiger partial charge in [0.25, 0.3) is 0 Å². The van der Waals surface area contributed by atoms with Crippen LogP contribution in [-0.2, 0) is 19.1 Å². The SMILES string of the molecule is CCCCCCCCCCCCCOC(=O)C1CCCCC1C(=O)OC(C)CC. The van der Waals surface area contributed by atoms with E-state index in [-0.39, 0.29) is 29.9 Å². The lowest BCUT2D eigenvalue weighted by molar-refractivity contribution is -0.165. The standard InChI is InChI=1S/C25H46O4/c1-4-6-7-8-9-10-11-12-13-14-17-20-28-24(26)22-18-15-16-19-23(22)25(27)29-21(3)5-2/h21-23H,4-20H2,1-3H3. The van der Waals surface area contributed by atoms with Crippen molar-refractivity contribution in [3.8, 4) is 0 Å². The van der Waals surface area contributed by atoms with Crippen LogP contribution in [0.2, 0.25) is 0 Å². The van der Waals surface area contributed by atoms with E-state index in [0.29, 0.717) is 6.61 Å². The van der Waals surface area contributed by atoms with Crippen molar-refractivity contribution in [1.29, 1.82) is 0 Å². The van der Waals surface area contributed by atoms with Gasteiger partial charge in [0, 0.05) is 0 Å². The fourth-order valence-electron chi connectivity index (χ4n) is 4.11. The summed E-state index contributed by atoms with van der Waals surface area (Å²) in [4.78, 5) is 24.9. The predicted octanol–water partition coefficient (Wildman–Crippen LogP) is 6.99. The van der Waals surface area contributed by atoms with Gasteiger partial charge < -0.3 is 9.47 Å². The molecule has 0 aromatic carbocycles. The third kappa shape index (κ3) is 11.6. The Hall–Kier alpha value is -1.06. The maximum Gasteiger partial charge on any atom is 0.310 e. The first-order chi connectivity index (χ1) is 14.1. The van der Waals surface area contributed by atoms with Gasteiger partial charge in [0.05, 0.1) is 24.5 Å². The Morgan fingerprint density at radius 2 is 1.24 bits per heavy atom. The molecule has 0 aromatic heterocycles. The van der Waals surface area contributed by atoms with Crippen molar-refractivity contribution >= 4 is 11.9 Å². The third-order valence-electron chi connectivity index (χ3n) is 6.26. The van der Waals surface area contributed by atoms with Crippen LogP contribution in [0.1, 0.15) is 124 Å². The number of unbranched alkanes of at least 4 members (excludes halogenated alkanes) is 10. The van der Waals surface area contributed by atoms with E-state index in [0.717, 1.165) is 44.9 Å². The molecule has 3 atom stereocenters. The zero-order chi connectivity index (χ0) is 21.3. The summed E-state index contributed by atoms with van der Waals surface area (Å²) >= 11 is 0. The summed E-state index contributed by atoms with van der Waals surface area (Å²) in [5, 5.41) is 0. The number of hydrogen-bond acceptors (Lipinski definition) is 4. The summed E-state index contributed by atoms with van der Waals surface area (Å²) in [6.07, 6.45) is 18.3. The third-order valence-corrected chi connectivity index (χ3v) is 6.26.